The van der Waals surface area contributed by atoms with Gasteiger partial charge in [0.05, 0.1) is 12.6 Å². The fourth-order valence-electron chi connectivity index (χ4n) is 1.65. The largest absolute Gasteiger partial charge is 0.383 e. The minimum Gasteiger partial charge on any atom is -0.383 e. The van der Waals surface area contributed by atoms with E-state index in [1.807, 2.05) is 24.3 Å². The third kappa shape index (κ3) is 5.04. The molecule has 0 aliphatic carbocycles. The van der Waals surface area contributed by atoms with Crippen molar-refractivity contribution in [2.75, 3.05) is 13.7 Å². The minimum atomic E-state index is -0.0287. The van der Waals surface area contributed by atoms with Gasteiger partial charge in [-0.1, -0.05) is 19.4 Å². The third-order valence-electron chi connectivity index (χ3n) is 2.43. The zero-order valence-electron chi connectivity index (χ0n) is 10.2. The quantitative estimate of drug-likeness (QED) is 0.804. The van der Waals surface area contributed by atoms with Gasteiger partial charge in [-0.25, -0.2) is 0 Å². The number of methoxy groups -OCH3 is 1. The predicted molar refractivity (Wildman–Crippen MR) is 77.2 cm³/mol. The molecule has 1 N–H and O–H groups in total. The maximum atomic E-state index is 12.0. The van der Waals surface area contributed by atoms with Crippen molar-refractivity contribution in [3.05, 3.63) is 33.4 Å². The summed E-state index contributed by atoms with van der Waals surface area (Å²) >= 11 is 2.20. The van der Waals surface area contributed by atoms with Crippen LogP contribution in [-0.4, -0.2) is 25.7 Å². The van der Waals surface area contributed by atoms with Gasteiger partial charge in [0.1, 0.15) is 0 Å². The number of ether oxygens (including phenoxy) is 1. The number of halogens is 1. The maximum Gasteiger partial charge on any atom is 0.251 e. The molecule has 4 heteroatoms. The Bertz CT molecular complexity index is 362. The number of carbonyl (C=O) groups excluding carboxylic acids is 1. The number of amides is 1. The van der Waals surface area contributed by atoms with Crippen molar-refractivity contribution in [1.29, 1.82) is 0 Å². The molecule has 0 spiro atoms. The first-order chi connectivity index (χ1) is 8.17. The lowest BCUT2D eigenvalue weighted by Crippen LogP contribution is -2.37. The average Bonchev–Trinajstić information content (AvgIpc) is 2.29. The third-order valence-corrected chi connectivity index (χ3v) is 3.10. The molecule has 0 aliphatic rings. The summed E-state index contributed by atoms with van der Waals surface area (Å²) in [6, 6.07) is 7.66. The highest BCUT2D eigenvalue weighted by atomic mass is 127. The molecule has 0 bridgehead atoms. The molecular weight excluding hydrogens is 329 g/mol. The van der Waals surface area contributed by atoms with Crippen LogP contribution in [-0.2, 0) is 4.74 Å². The predicted octanol–water partition coefficient (Wildman–Crippen LogP) is 2.84. The molecule has 0 heterocycles. The minimum absolute atomic E-state index is 0.0287. The number of benzene rings is 1. The molecule has 1 rings (SSSR count). The first-order valence-electron chi connectivity index (χ1n) is 5.72. The van der Waals surface area contributed by atoms with Crippen LogP contribution in [0.4, 0.5) is 0 Å². The van der Waals surface area contributed by atoms with Gasteiger partial charge in [-0.2, -0.15) is 0 Å². The van der Waals surface area contributed by atoms with Crippen LogP contribution in [0.3, 0.4) is 0 Å². The molecule has 0 saturated carbocycles. The topological polar surface area (TPSA) is 38.3 Å². The molecule has 0 radical (unpaired) electrons. The van der Waals surface area contributed by atoms with Crippen LogP contribution in [0.1, 0.15) is 30.1 Å². The van der Waals surface area contributed by atoms with E-state index in [0.717, 1.165) is 16.4 Å². The molecule has 1 amide bonds. The van der Waals surface area contributed by atoms with Crippen LogP contribution >= 0.6 is 22.6 Å². The van der Waals surface area contributed by atoms with Crippen LogP contribution in [0.25, 0.3) is 0 Å². The summed E-state index contributed by atoms with van der Waals surface area (Å²) in [6.07, 6.45) is 1.96. The zero-order valence-corrected chi connectivity index (χ0v) is 12.4. The fourth-order valence-corrected chi connectivity index (χ4v) is 2.19. The Kier molecular flexibility index (Phi) is 6.50. The highest BCUT2D eigenvalue weighted by Crippen LogP contribution is 2.08. The lowest BCUT2D eigenvalue weighted by atomic mass is 10.1. The van der Waals surface area contributed by atoms with E-state index in [1.165, 1.54) is 0 Å². The van der Waals surface area contributed by atoms with E-state index in [9.17, 15) is 4.79 Å². The Morgan fingerprint density at radius 3 is 2.88 bits per heavy atom. The summed E-state index contributed by atoms with van der Waals surface area (Å²) < 4.78 is 6.16. The second kappa shape index (κ2) is 7.66. The summed E-state index contributed by atoms with van der Waals surface area (Å²) in [5.41, 5.74) is 0.703. The van der Waals surface area contributed by atoms with E-state index in [2.05, 4.69) is 34.8 Å². The van der Waals surface area contributed by atoms with E-state index >= 15 is 0 Å². The Hall–Kier alpha value is -0.620. The molecule has 94 valence electrons. The summed E-state index contributed by atoms with van der Waals surface area (Å²) in [5, 5.41) is 3.00. The Balaban J connectivity index is 2.63. The number of rotatable bonds is 6. The van der Waals surface area contributed by atoms with Gasteiger partial charge in [-0.3, -0.25) is 4.79 Å². The van der Waals surface area contributed by atoms with Gasteiger partial charge in [0.2, 0.25) is 0 Å². The van der Waals surface area contributed by atoms with Crippen LogP contribution in [0.5, 0.6) is 0 Å². The fraction of sp³-hybridized carbons (Fsp3) is 0.462. The van der Waals surface area contributed by atoms with E-state index in [4.69, 9.17) is 4.74 Å². The summed E-state index contributed by atoms with van der Waals surface area (Å²) in [5.74, 6) is -0.0287. The zero-order chi connectivity index (χ0) is 12.7. The Morgan fingerprint density at radius 1 is 1.53 bits per heavy atom. The number of nitrogens with one attached hydrogen (secondary N) is 1. The van der Waals surface area contributed by atoms with Gasteiger partial charge in [0.15, 0.2) is 0 Å². The summed E-state index contributed by atoms with van der Waals surface area (Å²) in [7, 11) is 1.65. The lowest BCUT2D eigenvalue weighted by Gasteiger charge is -2.17. The summed E-state index contributed by atoms with van der Waals surface area (Å²) in [6.45, 7) is 2.66. The smallest absolute Gasteiger partial charge is 0.251 e. The molecule has 0 aromatic heterocycles. The number of hydrogen-bond acceptors (Lipinski definition) is 2. The normalized spacial score (nSPS) is 12.2. The van der Waals surface area contributed by atoms with Gasteiger partial charge in [0.25, 0.3) is 5.91 Å². The molecule has 17 heavy (non-hydrogen) atoms. The molecule has 1 unspecified atom stereocenters. The van der Waals surface area contributed by atoms with E-state index in [1.54, 1.807) is 7.11 Å². The molecule has 3 nitrogen and oxygen atoms in total. The van der Waals surface area contributed by atoms with Crippen LogP contribution < -0.4 is 5.32 Å². The van der Waals surface area contributed by atoms with Crippen molar-refractivity contribution in [3.8, 4) is 0 Å². The molecule has 0 aliphatic heterocycles. The lowest BCUT2D eigenvalue weighted by molar-refractivity contribution is 0.0891. The van der Waals surface area contributed by atoms with Gasteiger partial charge in [-0.15, -0.1) is 0 Å². The molecule has 1 aromatic rings. The van der Waals surface area contributed by atoms with Crippen molar-refractivity contribution in [2.45, 2.75) is 25.8 Å². The van der Waals surface area contributed by atoms with Crippen molar-refractivity contribution in [3.63, 3.8) is 0 Å². The monoisotopic (exact) mass is 347 g/mol. The van der Waals surface area contributed by atoms with Gasteiger partial charge in [-0.05, 0) is 47.2 Å². The van der Waals surface area contributed by atoms with E-state index < -0.39 is 0 Å². The first kappa shape index (κ1) is 14.4. The second-order valence-electron chi connectivity index (χ2n) is 3.92. The second-order valence-corrected chi connectivity index (χ2v) is 5.17. The highest BCUT2D eigenvalue weighted by molar-refractivity contribution is 14.1. The van der Waals surface area contributed by atoms with Crippen molar-refractivity contribution in [1.82, 2.24) is 5.32 Å². The summed E-state index contributed by atoms with van der Waals surface area (Å²) in [4.78, 5) is 12.0. The molecule has 1 atom stereocenters. The van der Waals surface area contributed by atoms with Crippen LogP contribution in [0.15, 0.2) is 24.3 Å². The van der Waals surface area contributed by atoms with E-state index in [0.29, 0.717) is 12.2 Å². The molecule has 0 saturated heterocycles. The standard InChI is InChI=1S/C13H18INO2/c1-3-5-12(9-17-2)15-13(16)10-6-4-7-11(14)8-10/h4,6-8,12H,3,5,9H2,1-2H3,(H,15,16). The SMILES string of the molecule is CCCC(COC)NC(=O)c1cccc(I)c1. The molecular formula is C13H18INO2. The van der Waals surface area contributed by atoms with Gasteiger partial charge < -0.3 is 10.1 Å². The first-order valence-corrected chi connectivity index (χ1v) is 6.80. The Labute approximate surface area is 116 Å². The average molecular weight is 347 g/mol. The van der Waals surface area contributed by atoms with E-state index in [-0.39, 0.29) is 11.9 Å². The Morgan fingerprint density at radius 2 is 2.29 bits per heavy atom. The number of carbonyl (C=O) groups is 1. The van der Waals surface area contributed by atoms with Crippen molar-refractivity contribution < 1.29 is 9.53 Å². The highest BCUT2D eigenvalue weighted by Gasteiger charge is 2.12. The molecule has 0 fully saturated rings. The van der Waals surface area contributed by atoms with Gasteiger partial charge in [0, 0.05) is 16.2 Å². The van der Waals surface area contributed by atoms with Crippen molar-refractivity contribution in [2.24, 2.45) is 0 Å². The molecule has 1 aromatic carbocycles. The number of hydrogen-bond donors (Lipinski definition) is 1. The van der Waals surface area contributed by atoms with Crippen LogP contribution in [0, 0.1) is 3.57 Å². The van der Waals surface area contributed by atoms with Crippen LogP contribution in [0.2, 0.25) is 0 Å². The maximum absolute atomic E-state index is 12.0. The van der Waals surface area contributed by atoms with Crippen molar-refractivity contribution >= 4 is 28.5 Å². The van der Waals surface area contributed by atoms with Gasteiger partial charge >= 0.3 is 0 Å².